The number of thiazole rings is 1. The van der Waals surface area contributed by atoms with Gasteiger partial charge < -0.3 is 4.74 Å². The van der Waals surface area contributed by atoms with Crippen LogP contribution in [0.4, 0.5) is 13.2 Å². The van der Waals surface area contributed by atoms with Crippen molar-refractivity contribution in [3.8, 4) is 0 Å². The maximum Gasteiger partial charge on any atom is 0.402 e. The van der Waals surface area contributed by atoms with Crippen LogP contribution in [0.1, 0.15) is 28.5 Å². The second-order valence-corrected chi connectivity index (χ2v) is 10.3. The number of carbonyl (C=O) groups is 1. The number of sulfonamides is 1. The third-order valence-electron chi connectivity index (χ3n) is 4.52. The topological polar surface area (TPSA) is 85.4 Å². The lowest BCUT2D eigenvalue weighted by atomic mass is 9.91. The van der Waals surface area contributed by atoms with E-state index in [1.54, 1.807) is 10.8 Å². The summed E-state index contributed by atoms with van der Waals surface area (Å²) in [4.78, 5) is 16.3. The average molecular weight is 483 g/mol. The van der Waals surface area contributed by atoms with Crippen LogP contribution >= 0.6 is 22.9 Å². The number of ether oxygens (including phenoxy) is 1. The number of benzene rings is 1. The van der Waals surface area contributed by atoms with Gasteiger partial charge in [-0.3, -0.25) is 4.79 Å². The molecule has 1 saturated heterocycles. The Labute approximate surface area is 180 Å². The van der Waals surface area contributed by atoms with E-state index >= 15 is 0 Å². The molecule has 164 valence electrons. The molecule has 2 heterocycles. The van der Waals surface area contributed by atoms with Crippen LogP contribution in [0, 0.1) is 0 Å². The molecule has 1 unspecified atom stereocenters. The van der Waals surface area contributed by atoms with E-state index < -0.39 is 22.7 Å². The highest BCUT2D eigenvalue weighted by atomic mass is 35.5. The third-order valence-corrected chi connectivity index (χ3v) is 7.03. The van der Waals surface area contributed by atoms with Crippen molar-refractivity contribution in [3.05, 3.63) is 44.9 Å². The number of rotatable bonds is 8. The first-order valence-corrected chi connectivity index (χ1v) is 11.6. The molecule has 1 aliphatic heterocycles. The quantitative estimate of drug-likeness (QED) is 0.622. The molecular weight excluding hydrogens is 465 g/mol. The largest absolute Gasteiger partial charge is 0.402 e. The highest BCUT2D eigenvalue weighted by Gasteiger charge is 2.31. The fraction of sp³-hybridized carbons (Fsp3) is 0.444. The van der Waals surface area contributed by atoms with Gasteiger partial charge in [0.25, 0.3) is 0 Å². The molecule has 3 rings (SSSR count). The number of aromatic nitrogens is 1. The highest BCUT2D eigenvalue weighted by Crippen LogP contribution is 2.30. The van der Waals surface area contributed by atoms with Gasteiger partial charge in [0.05, 0.1) is 24.1 Å². The molecule has 0 aliphatic carbocycles. The third kappa shape index (κ3) is 6.24. The maximum absolute atomic E-state index is 12.6. The van der Waals surface area contributed by atoms with Crippen molar-refractivity contribution in [2.24, 2.45) is 0 Å². The lowest BCUT2D eigenvalue weighted by molar-refractivity contribution is -0.121. The van der Waals surface area contributed by atoms with Gasteiger partial charge in [-0.25, -0.2) is 18.1 Å². The van der Waals surface area contributed by atoms with Crippen LogP contribution in [0.3, 0.4) is 0 Å². The number of alkyl halides is 3. The number of nitrogens with one attached hydrogen (secondary N) is 1. The minimum Gasteiger partial charge on any atom is -0.381 e. The molecule has 1 aromatic heterocycles. The van der Waals surface area contributed by atoms with Gasteiger partial charge in [-0.05, 0) is 29.7 Å². The fourth-order valence-corrected chi connectivity index (χ4v) is 5.20. The number of nitrogens with zero attached hydrogens (tertiary/aromatic N) is 1. The molecule has 2 aromatic rings. The molecule has 1 aromatic carbocycles. The van der Waals surface area contributed by atoms with Crippen molar-refractivity contribution in [2.75, 3.05) is 19.8 Å². The van der Waals surface area contributed by atoms with E-state index in [0.717, 1.165) is 5.56 Å². The average Bonchev–Trinajstić information content (AvgIpc) is 3.31. The summed E-state index contributed by atoms with van der Waals surface area (Å²) in [5, 5.41) is 0.534. The first kappa shape index (κ1) is 23.1. The van der Waals surface area contributed by atoms with Crippen molar-refractivity contribution >= 4 is 38.7 Å². The summed E-state index contributed by atoms with van der Waals surface area (Å²) in [6, 6.07) is 4.06. The Bertz CT molecular complexity index is 1020. The van der Waals surface area contributed by atoms with Gasteiger partial charge in [0.2, 0.25) is 10.0 Å². The first-order valence-electron chi connectivity index (χ1n) is 8.92. The molecule has 0 amide bonds. The predicted molar refractivity (Wildman–Crippen MR) is 105 cm³/mol. The second kappa shape index (κ2) is 9.31. The van der Waals surface area contributed by atoms with Gasteiger partial charge in [-0.2, -0.15) is 13.2 Å². The Morgan fingerprint density at radius 1 is 1.33 bits per heavy atom. The summed E-state index contributed by atoms with van der Waals surface area (Å²) < 4.78 is 69.3. The zero-order valence-electron chi connectivity index (χ0n) is 15.5. The van der Waals surface area contributed by atoms with Gasteiger partial charge in [-0.15, -0.1) is 11.3 Å². The second-order valence-electron chi connectivity index (χ2n) is 6.81. The van der Waals surface area contributed by atoms with Gasteiger partial charge in [0.1, 0.15) is 21.7 Å². The first-order chi connectivity index (χ1) is 14.0. The van der Waals surface area contributed by atoms with Crippen molar-refractivity contribution < 1.29 is 31.1 Å². The number of ketones is 1. The number of halogens is 4. The Morgan fingerprint density at radius 3 is 2.70 bits per heavy atom. The summed E-state index contributed by atoms with van der Waals surface area (Å²) in [6.07, 6.45) is -2.58. The SMILES string of the molecule is O=C(Cc1ncc(Cl)s1)Cc1cc(S(=O)(=O)NCC(F)(F)F)ccc1C1CCOC1. The van der Waals surface area contributed by atoms with Crippen LogP contribution in [-0.2, 0) is 32.4 Å². The standard InChI is InChI=1S/C18H18ClF3N2O4S2/c19-16-8-23-17(29-16)7-13(25)5-12-6-14(30(26,27)24-10-18(20,21)22)1-2-15(12)11-3-4-28-9-11/h1-2,6,8,11,24H,3-5,7,9-10H2. The van der Waals surface area contributed by atoms with E-state index in [1.807, 2.05) is 0 Å². The lowest BCUT2D eigenvalue weighted by Crippen LogP contribution is -2.33. The number of hydrogen-bond donors (Lipinski definition) is 1. The van der Waals surface area contributed by atoms with Crippen molar-refractivity contribution in [1.29, 1.82) is 0 Å². The van der Waals surface area contributed by atoms with Gasteiger partial charge >= 0.3 is 6.18 Å². The van der Waals surface area contributed by atoms with Crippen molar-refractivity contribution in [3.63, 3.8) is 0 Å². The van der Waals surface area contributed by atoms with Gasteiger partial charge in [-0.1, -0.05) is 17.7 Å². The molecule has 1 fully saturated rings. The van der Waals surface area contributed by atoms with E-state index in [0.29, 0.717) is 34.5 Å². The maximum atomic E-state index is 12.6. The van der Waals surface area contributed by atoms with E-state index in [9.17, 15) is 26.4 Å². The highest BCUT2D eigenvalue weighted by molar-refractivity contribution is 7.89. The molecule has 1 atom stereocenters. The molecule has 30 heavy (non-hydrogen) atoms. The summed E-state index contributed by atoms with van der Waals surface area (Å²) in [7, 11) is -4.39. The molecule has 1 N–H and O–H groups in total. The molecule has 6 nitrogen and oxygen atoms in total. The van der Waals surface area contributed by atoms with E-state index in [4.69, 9.17) is 16.3 Å². The molecule has 0 spiro atoms. The number of Topliss-reactive ketones (excluding diaryl/α,β-unsaturated/α-hetero) is 1. The van der Waals surface area contributed by atoms with Crippen molar-refractivity contribution in [2.45, 2.75) is 36.3 Å². The Kier molecular flexibility index (Phi) is 7.18. The molecular formula is C18H18ClF3N2O4S2. The summed E-state index contributed by atoms with van der Waals surface area (Å²) in [5.74, 6) is -0.221. The monoisotopic (exact) mass is 482 g/mol. The zero-order valence-corrected chi connectivity index (χ0v) is 17.9. The zero-order chi connectivity index (χ0) is 21.9. The fourth-order valence-electron chi connectivity index (χ4n) is 3.15. The lowest BCUT2D eigenvalue weighted by Gasteiger charge is -2.16. The molecule has 0 saturated carbocycles. The number of hydrogen-bond acceptors (Lipinski definition) is 6. The minimum atomic E-state index is -4.68. The van der Waals surface area contributed by atoms with Gasteiger partial charge in [0.15, 0.2) is 0 Å². The van der Waals surface area contributed by atoms with Crippen LogP contribution in [-0.4, -0.2) is 45.1 Å². The van der Waals surface area contributed by atoms with Crippen LogP contribution in [0.2, 0.25) is 4.34 Å². The van der Waals surface area contributed by atoms with E-state index in [-0.39, 0.29) is 29.4 Å². The molecule has 12 heteroatoms. The molecule has 1 aliphatic rings. The van der Waals surface area contributed by atoms with Crippen LogP contribution < -0.4 is 4.72 Å². The predicted octanol–water partition coefficient (Wildman–Crippen LogP) is 3.50. The van der Waals surface area contributed by atoms with Crippen LogP contribution in [0.5, 0.6) is 0 Å². The number of carbonyl (C=O) groups excluding carboxylic acids is 1. The summed E-state index contributed by atoms with van der Waals surface area (Å²) in [5.41, 5.74) is 1.21. The van der Waals surface area contributed by atoms with E-state index in [1.165, 1.54) is 29.7 Å². The Morgan fingerprint density at radius 2 is 2.10 bits per heavy atom. The normalized spacial score (nSPS) is 17.4. The minimum absolute atomic E-state index is 0.0120. The van der Waals surface area contributed by atoms with Crippen LogP contribution in [0.15, 0.2) is 29.3 Å². The smallest absolute Gasteiger partial charge is 0.381 e. The summed E-state index contributed by atoms with van der Waals surface area (Å²) >= 11 is 7.00. The van der Waals surface area contributed by atoms with Crippen LogP contribution in [0.25, 0.3) is 0 Å². The van der Waals surface area contributed by atoms with Crippen molar-refractivity contribution in [1.82, 2.24) is 9.71 Å². The van der Waals surface area contributed by atoms with E-state index in [2.05, 4.69) is 4.98 Å². The van der Waals surface area contributed by atoms with Gasteiger partial charge in [0, 0.05) is 18.9 Å². The Balaban J connectivity index is 1.85. The molecule has 0 radical (unpaired) electrons. The summed E-state index contributed by atoms with van der Waals surface area (Å²) in [6.45, 7) is -0.697. The molecule has 0 bridgehead atoms. The Hall–Kier alpha value is -1.53.